The number of hydrogen-bond donors (Lipinski definition) is 3. The van der Waals surface area contributed by atoms with Gasteiger partial charge >= 0.3 is 5.97 Å². The molecule has 1 aromatic rings. The van der Waals surface area contributed by atoms with Gasteiger partial charge in [-0.25, -0.2) is 17.9 Å². The zero-order valence-corrected chi connectivity index (χ0v) is 13.5. The number of aliphatic hydroxyl groups is 1. The van der Waals surface area contributed by atoms with E-state index < -0.39 is 22.1 Å². The molecule has 0 saturated heterocycles. The van der Waals surface area contributed by atoms with E-state index in [0.717, 1.165) is 4.47 Å². The van der Waals surface area contributed by atoms with E-state index in [-0.39, 0.29) is 17.9 Å². The molecule has 1 rings (SSSR count). The number of carboxylic acid groups (broad SMARTS) is 1. The van der Waals surface area contributed by atoms with E-state index in [1.54, 1.807) is 12.1 Å². The molecule has 0 amide bonds. The molecule has 0 heterocycles. The summed E-state index contributed by atoms with van der Waals surface area (Å²) in [6.45, 7) is -0.168. The first-order valence-corrected chi connectivity index (χ1v) is 8.16. The van der Waals surface area contributed by atoms with Crippen molar-refractivity contribution in [2.75, 3.05) is 6.54 Å². The Morgan fingerprint density at radius 3 is 2.53 bits per heavy atom. The highest BCUT2D eigenvalue weighted by Crippen LogP contribution is 2.25. The van der Waals surface area contributed by atoms with Crippen molar-refractivity contribution < 1.29 is 23.4 Å². The van der Waals surface area contributed by atoms with Crippen LogP contribution in [-0.2, 0) is 14.8 Å². The lowest BCUT2D eigenvalue weighted by Crippen LogP contribution is -2.30. The third-order valence-electron chi connectivity index (χ3n) is 2.18. The molecule has 0 spiro atoms. The summed E-state index contributed by atoms with van der Waals surface area (Å²) in [5, 5.41) is 17.5. The molecule has 0 saturated carbocycles. The number of benzene rings is 1. The maximum Gasteiger partial charge on any atom is 0.332 e. The Kier molecular flexibility index (Phi) is 5.93. The smallest absolute Gasteiger partial charge is 0.332 e. The minimum atomic E-state index is -3.75. The van der Waals surface area contributed by atoms with Crippen molar-refractivity contribution >= 4 is 47.9 Å². The lowest BCUT2D eigenvalue weighted by molar-refractivity contribution is -0.146. The molecule has 0 bridgehead atoms. The first kappa shape index (κ1) is 16.6. The Morgan fingerprint density at radius 1 is 1.37 bits per heavy atom. The van der Waals surface area contributed by atoms with E-state index in [1.165, 1.54) is 6.07 Å². The average molecular weight is 417 g/mol. The highest BCUT2D eigenvalue weighted by Gasteiger charge is 2.19. The number of carbonyl (C=O) groups is 1. The summed E-state index contributed by atoms with van der Waals surface area (Å²) < 4.78 is 27.2. The van der Waals surface area contributed by atoms with Gasteiger partial charge in [0.2, 0.25) is 10.0 Å². The number of sulfonamides is 1. The molecular weight excluding hydrogens is 406 g/mol. The third-order valence-corrected chi connectivity index (χ3v) is 5.11. The summed E-state index contributed by atoms with van der Waals surface area (Å²) >= 11 is 6.34. The second kappa shape index (κ2) is 6.80. The number of hydrogen-bond acceptors (Lipinski definition) is 4. The van der Waals surface area contributed by atoms with Crippen LogP contribution in [0.4, 0.5) is 0 Å². The van der Waals surface area contributed by atoms with Gasteiger partial charge in [0.05, 0.1) is 4.90 Å². The van der Waals surface area contributed by atoms with Crippen molar-refractivity contribution in [1.82, 2.24) is 4.72 Å². The lowest BCUT2D eigenvalue weighted by Gasteiger charge is -2.10. The van der Waals surface area contributed by atoms with Gasteiger partial charge in [-0.2, -0.15) is 0 Å². The van der Waals surface area contributed by atoms with Crippen LogP contribution in [0.1, 0.15) is 6.42 Å². The Morgan fingerprint density at radius 2 is 2.00 bits per heavy atom. The van der Waals surface area contributed by atoms with Crippen LogP contribution in [0.3, 0.4) is 0 Å². The van der Waals surface area contributed by atoms with E-state index in [9.17, 15) is 13.2 Å². The molecular formula is C10H11Br2NO5S. The molecule has 0 fully saturated rings. The van der Waals surface area contributed by atoms with Crippen LogP contribution in [0.15, 0.2) is 32.0 Å². The molecule has 0 radical (unpaired) electrons. The predicted molar refractivity (Wildman–Crippen MR) is 75.3 cm³/mol. The van der Waals surface area contributed by atoms with E-state index in [0.29, 0.717) is 4.47 Å². The number of aliphatic carboxylic acids is 1. The number of aliphatic hydroxyl groups excluding tert-OH is 1. The van der Waals surface area contributed by atoms with Crippen molar-refractivity contribution in [2.45, 2.75) is 17.4 Å². The van der Waals surface area contributed by atoms with Gasteiger partial charge in [0.15, 0.2) is 6.10 Å². The summed E-state index contributed by atoms with van der Waals surface area (Å²) in [7, 11) is -3.75. The van der Waals surface area contributed by atoms with Crippen molar-refractivity contribution in [3.63, 3.8) is 0 Å². The first-order chi connectivity index (χ1) is 8.74. The van der Waals surface area contributed by atoms with E-state index >= 15 is 0 Å². The number of nitrogens with one attached hydrogen (secondary N) is 1. The Bertz CT molecular complexity index is 575. The number of rotatable bonds is 6. The molecule has 0 aromatic heterocycles. The van der Waals surface area contributed by atoms with E-state index in [4.69, 9.17) is 10.2 Å². The molecule has 9 heteroatoms. The van der Waals surface area contributed by atoms with Gasteiger partial charge in [-0.05, 0) is 40.5 Å². The van der Waals surface area contributed by atoms with Crippen LogP contribution in [-0.4, -0.2) is 37.2 Å². The number of carboxylic acids is 1. The van der Waals surface area contributed by atoms with Gasteiger partial charge in [0.1, 0.15) is 0 Å². The molecule has 0 aliphatic rings. The molecule has 6 nitrogen and oxygen atoms in total. The van der Waals surface area contributed by atoms with Gasteiger partial charge in [0.25, 0.3) is 0 Å². The molecule has 0 aliphatic carbocycles. The van der Waals surface area contributed by atoms with Gasteiger partial charge < -0.3 is 10.2 Å². The predicted octanol–water partition coefficient (Wildman–Crippen LogP) is 1.33. The van der Waals surface area contributed by atoms with Crippen molar-refractivity contribution in [3.8, 4) is 0 Å². The fourth-order valence-electron chi connectivity index (χ4n) is 1.22. The fraction of sp³-hybridized carbons (Fsp3) is 0.300. The Hall–Kier alpha value is -0.480. The second-order valence-electron chi connectivity index (χ2n) is 3.62. The van der Waals surface area contributed by atoms with Crippen LogP contribution in [0.5, 0.6) is 0 Å². The van der Waals surface area contributed by atoms with E-state index in [2.05, 4.69) is 36.6 Å². The van der Waals surface area contributed by atoms with Crippen LogP contribution >= 0.6 is 31.9 Å². The van der Waals surface area contributed by atoms with Crippen LogP contribution in [0.2, 0.25) is 0 Å². The minimum Gasteiger partial charge on any atom is -0.479 e. The highest BCUT2D eigenvalue weighted by atomic mass is 79.9. The van der Waals surface area contributed by atoms with Crippen molar-refractivity contribution in [2.24, 2.45) is 0 Å². The standard InChI is InChI=1S/C10H11Br2NO5S/c11-6-1-2-9(7(12)5-6)19(17,18)13-4-3-8(14)10(15)16/h1-2,5,8,13-14H,3-4H2,(H,15,16). The molecule has 1 aromatic carbocycles. The molecule has 1 atom stereocenters. The topological polar surface area (TPSA) is 104 Å². The van der Waals surface area contributed by atoms with Crippen molar-refractivity contribution in [3.05, 3.63) is 27.1 Å². The van der Waals surface area contributed by atoms with Gasteiger partial charge in [-0.1, -0.05) is 15.9 Å². The summed E-state index contributed by atoms with van der Waals surface area (Å²) in [4.78, 5) is 10.4. The van der Waals surface area contributed by atoms with Crippen molar-refractivity contribution in [1.29, 1.82) is 0 Å². The largest absolute Gasteiger partial charge is 0.479 e. The van der Waals surface area contributed by atoms with Gasteiger partial charge in [-0.15, -0.1) is 0 Å². The Labute approximate surface area is 127 Å². The second-order valence-corrected chi connectivity index (χ2v) is 7.12. The zero-order chi connectivity index (χ0) is 14.6. The summed E-state index contributed by atoms with van der Waals surface area (Å²) in [6.07, 6.45) is -1.79. The maximum atomic E-state index is 11.9. The SMILES string of the molecule is O=C(O)C(O)CCNS(=O)(=O)c1ccc(Br)cc1Br. The van der Waals surface area contributed by atoms with Crippen LogP contribution in [0.25, 0.3) is 0 Å². The lowest BCUT2D eigenvalue weighted by atomic mass is 10.3. The molecule has 106 valence electrons. The van der Waals surface area contributed by atoms with Gasteiger partial charge in [-0.3, -0.25) is 0 Å². The normalized spacial score (nSPS) is 13.2. The monoisotopic (exact) mass is 415 g/mol. The summed E-state index contributed by atoms with van der Waals surface area (Å²) in [6, 6.07) is 4.57. The van der Waals surface area contributed by atoms with Crippen LogP contribution in [0, 0.1) is 0 Å². The molecule has 19 heavy (non-hydrogen) atoms. The fourth-order valence-corrected chi connectivity index (χ4v) is 4.02. The van der Waals surface area contributed by atoms with E-state index in [1.807, 2.05) is 0 Å². The average Bonchev–Trinajstić information content (AvgIpc) is 2.27. The van der Waals surface area contributed by atoms with Gasteiger partial charge in [0, 0.05) is 15.5 Å². The zero-order valence-electron chi connectivity index (χ0n) is 9.51. The molecule has 1 unspecified atom stereocenters. The first-order valence-electron chi connectivity index (χ1n) is 5.09. The Balaban J connectivity index is 2.74. The highest BCUT2D eigenvalue weighted by molar-refractivity contribution is 9.11. The third kappa shape index (κ3) is 4.84. The minimum absolute atomic E-state index is 0.0421. The molecule has 0 aliphatic heterocycles. The maximum absolute atomic E-state index is 11.9. The van der Waals surface area contributed by atoms with Crippen LogP contribution < -0.4 is 4.72 Å². The number of halogens is 2. The quantitative estimate of drug-likeness (QED) is 0.648. The summed E-state index contributed by atoms with van der Waals surface area (Å²) in [5.41, 5.74) is 0. The molecule has 3 N–H and O–H groups in total. The summed E-state index contributed by atoms with van der Waals surface area (Å²) in [5.74, 6) is -1.39.